The monoisotopic (exact) mass is 287 g/mol. The molecule has 21 heavy (non-hydrogen) atoms. The van der Waals surface area contributed by atoms with E-state index in [1.54, 1.807) is 12.1 Å². The maximum absolute atomic E-state index is 13.4. The highest BCUT2D eigenvalue weighted by atomic mass is 19.1. The molecule has 106 valence electrons. The molecule has 0 aliphatic rings. The van der Waals surface area contributed by atoms with Crippen LogP contribution in [0, 0.1) is 5.82 Å². The minimum Gasteiger partial charge on any atom is -0.467 e. The number of benzene rings is 1. The van der Waals surface area contributed by atoms with Gasteiger partial charge in [0.05, 0.1) is 24.1 Å². The molecule has 3 rings (SSSR count). The number of nitrogens with zero attached hydrogens (tertiary/aromatic N) is 4. The summed E-state index contributed by atoms with van der Waals surface area (Å²) in [6.45, 7) is 0.234. The Morgan fingerprint density at radius 2 is 2.29 bits per heavy atom. The van der Waals surface area contributed by atoms with E-state index < -0.39 is 5.82 Å². The van der Waals surface area contributed by atoms with Gasteiger partial charge in [-0.2, -0.15) is 4.68 Å². The highest BCUT2D eigenvalue weighted by Crippen LogP contribution is 2.15. The van der Waals surface area contributed by atoms with E-state index in [1.807, 2.05) is 0 Å². The van der Waals surface area contributed by atoms with E-state index in [0.717, 1.165) is 0 Å². The molecule has 1 aromatic carbocycles. The Bertz CT molecular complexity index is 740. The quantitative estimate of drug-likeness (QED) is 0.782. The molecule has 1 N–H and O–H groups in total. The van der Waals surface area contributed by atoms with Crippen LogP contribution in [0.1, 0.15) is 16.1 Å². The van der Waals surface area contributed by atoms with Crippen LogP contribution >= 0.6 is 0 Å². The molecule has 0 aliphatic heterocycles. The molecular weight excluding hydrogens is 277 g/mol. The number of furan rings is 1. The zero-order valence-corrected chi connectivity index (χ0v) is 10.7. The molecule has 2 heterocycles. The summed E-state index contributed by atoms with van der Waals surface area (Å²) in [6, 6.07) is 7.25. The third kappa shape index (κ3) is 2.78. The summed E-state index contributed by atoms with van der Waals surface area (Å²) >= 11 is 0. The lowest BCUT2D eigenvalue weighted by Crippen LogP contribution is -2.24. The van der Waals surface area contributed by atoms with E-state index in [2.05, 4.69) is 20.8 Å². The summed E-state index contributed by atoms with van der Waals surface area (Å²) in [5, 5.41) is 13.3. The lowest BCUT2D eigenvalue weighted by atomic mass is 10.1. The molecule has 1 amide bonds. The Morgan fingerprint density at radius 3 is 3.00 bits per heavy atom. The maximum Gasteiger partial charge on any atom is 0.253 e. The minimum absolute atomic E-state index is 0.234. The number of hydrogen-bond donors (Lipinski definition) is 1. The van der Waals surface area contributed by atoms with Crippen molar-refractivity contribution in [2.24, 2.45) is 0 Å². The van der Waals surface area contributed by atoms with Crippen molar-refractivity contribution in [3.63, 3.8) is 0 Å². The fraction of sp³-hybridized carbons (Fsp3) is 0.0769. The summed E-state index contributed by atoms with van der Waals surface area (Å²) in [5.74, 6) is -0.241. The molecule has 0 unspecified atom stereocenters. The third-order valence-electron chi connectivity index (χ3n) is 2.80. The normalized spacial score (nSPS) is 10.5. The van der Waals surface area contributed by atoms with E-state index in [9.17, 15) is 9.18 Å². The smallest absolute Gasteiger partial charge is 0.253 e. The average Bonchev–Trinajstić information content (AvgIpc) is 3.18. The second kappa shape index (κ2) is 5.53. The van der Waals surface area contributed by atoms with Gasteiger partial charge in [0.25, 0.3) is 5.91 Å². The standard InChI is InChI=1S/C13H10FN5O2/c14-9-3-4-11(12(6-9)19-8-16-17-18-19)13(20)15-7-10-2-1-5-21-10/h1-6,8H,7H2,(H,15,20). The molecule has 0 atom stereocenters. The van der Waals surface area contributed by atoms with Crippen LogP contribution in [0.5, 0.6) is 0 Å². The molecule has 7 nitrogen and oxygen atoms in total. The zero-order chi connectivity index (χ0) is 14.7. The highest BCUT2D eigenvalue weighted by molar-refractivity contribution is 5.97. The molecule has 0 saturated carbocycles. The van der Waals surface area contributed by atoms with Crippen LogP contribution in [0.3, 0.4) is 0 Å². The van der Waals surface area contributed by atoms with Gasteiger partial charge in [0.15, 0.2) is 0 Å². The summed E-state index contributed by atoms with van der Waals surface area (Å²) in [7, 11) is 0. The van der Waals surface area contributed by atoms with Gasteiger partial charge in [-0.3, -0.25) is 4.79 Å². The Labute approximate surface area is 118 Å². The SMILES string of the molecule is O=C(NCc1ccco1)c1ccc(F)cc1-n1cnnn1. The molecule has 3 aromatic rings. The van der Waals surface area contributed by atoms with E-state index >= 15 is 0 Å². The predicted octanol–water partition coefficient (Wildman–Crippen LogP) is 1.32. The lowest BCUT2D eigenvalue weighted by molar-refractivity contribution is 0.0948. The van der Waals surface area contributed by atoms with Crippen LogP contribution < -0.4 is 5.32 Å². The zero-order valence-electron chi connectivity index (χ0n) is 10.7. The summed E-state index contributed by atoms with van der Waals surface area (Å²) < 4.78 is 19.7. The van der Waals surface area contributed by atoms with Crippen molar-refractivity contribution in [2.45, 2.75) is 6.54 Å². The van der Waals surface area contributed by atoms with E-state index in [-0.39, 0.29) is 23.7 Å². The molecule has 0 saturated heterocycles. The van der Waals surface area contributed by atoms with Crippen molar-refractivity contribution in [1.29, 1.82) is 0 Å². The fourth-order valence-corrected chi connectivity index (χ4v) is 1.83. The average molecular weight is 287 g/mol. The Kier molecular flexibility index (Phi) is 3.42. The summed E-state index contributed by atoms with van der Waals surface area (Å²) in [4.78, 5) is 12.2. The number of halogens is 1. The van der Waals surface area contributed by atoms with Gasteiger partial charge in [-0.25, -0.2) is 4.39 Å². The third-order valence-corrected chi connectivity index (χ3v) is 2.80. The second-order valence-corrected chi connectivity index (χ2v) is 4.18. The molecular formula is C13H10FN5O2. The van der Waals surface area contributed by atoms with Crippen LogP contribution in [0.25, 0.3) is 5.69 Å². The second-order valence-electron chi connectivity index (χ2n) is 4.18. The van der Waals surface area contributed by atoms with Crippen molar-refractivity contribution < 1.29 is 13.6 Å². The number of amides is 1. The van der Waals surface area contributed by atoms with E-state index in [0.29, 0.717) is 5.76 Å². The van der Waals surface area contributed by atoms with Crippen LogP contribution in [0.15, 0.2) is 47.3 Å². The van der Waals surface area contributed by atoms with Crippen LogP contribution in [0.4, 0.5) is 4.39 Å². The molecule has 8 heteroatoms. The topological polar surface area (TPSA) is 85.8 Å². The minimum atomic E-state index is -0.483. The van der Waals surface area contributed by atoms with Crippen molar-refractivity contribution in [3.05, 3.63) is 60.1 Å². The molecule has 0 spiro atoms. The van der Waals surface area contributed by atoms with Crippen molar-refractivity contribution in [2.75, 3.05) is 0 Å². The van der Waals surface area contributed by atoms with Crippen molar-refractivity contribution in [3.8, 4) is 5.69 Å². The lowest BCUT2D eigenvalue weighted by Gasteiger charge is -2.08. The number of carbonyl (C=O) groups excluding carboxylic acids is 1. The molecule has 0 fully saturated rings. The number of nitrogens with one attached hydrogen (secondary N) is 1. The van der Waals surface area contributed by atoms with Crippen LogP contribution in [-0.2, 0) is 6.54 Å². The first-order valence-corrected chi connectivity index (χ1v) is 6.07. The molecule has 2 aromatic heterocycles. The van der Waals surface area contributed by atoms with Gasteiger partial charge in [0.2, 0.25) is 0 Å². The molecule has 0 bridgehead atoms. The molecule has 0 aliphatic carbocycles. The van der Waals surface area contributed by atoms with Crippen LogP contribution in [-0.4, -0.2) is 26.1 Å². The van der Waals surface area contributed by atoms with Gasteiger partial charge in [0.1, 0.15) is 17.9 Å². The maximum atomic E-state index is 13.4. The van der Waals surface area contributed by atoms with E-state index in [1.165, 1.54) is 35.5 Å². The summed E-state index contributed by atoms with van der Waals surface area (Å²) in [5.41, 5.74) is 0.521. The Hall–Kier alpha value is -3.03. The Balaban J connectivity index is 1.85. The Morgan fingerprint density at radius 1 is 1.38 bits per heavy atom. The van der Waals surface area contributed by atoms with E-state index in [4.69, 9.17) is 4.42 Å². The van der Waals surface area contributed by atoms with Crippen LogP contribution in [0.2, 0.25) is 0 Å². The van der Waals surface area contributed by atoms with Crippen molar-refractivity contribution in [1.82, 2.24) is 25.5 Å². The first kappa shape index (κ1) is 13.0. The molecule has 0 radical (unpaired) electrons. The number of hydrogen-bond acceptors (Lipinski definition) is 5. The number of carbonyl (C=O) groups is 1. The van der Waals surface area contributed by atoms with Gasteiger partial charge in [0, 0.05) is 6.07 Å². The summed E-state index contributed by atoms with van der Waals surface area (Å²) in [6.07, 6.45) is 2.81. The number of rotatable bonds is 4. The fourth-order valence-electron chi connectivity index (χ4n) is 1.83. The van der Waals surface area contributed by atoms with Crippen molar-refractivity contribution >= 4 is 5.91 Å². The van der Waals surface area contributed by atoms with Gasteiger partial charge < -0.3 is 9.73 Å². The largest absolute Gasteiger partial charge is 0.467 e. The van der Waals surface area contributed by atoms with Gasteiger partial charge in [-0.05, 0) is 34.7 Å². The highest BCUT2D eigenvalue weighted by Gasteiger charge is 2.15. The predicted molar refractivity (Wildman–Crippen MR) is 69.0 cm³/mol. The first-order valence-electron chi connectivity index (χ1n) is 6.07. The van der Waals surface area contributed by atoms with Gasteiger partial charge in [-0.1, -0.05) is 0 Å². The van der Waals surface area contributed by atoms with Gasteiger partial charge in [-0.15, -0.1) is 5.10 Å². The number of aromatic nitrogens is 4. The van der Waals surface area contributed by atoms with Gasteiger partial charge >= 0.3 is 0 Å². The number of tetrazole rings is 1. The first-order chi connectivity index (χ1) is 10.2.